The molecule has 0 radical (unpaired) electrons. The lowest BCUT2D eigenvalue weighted by atomic mass is 9.86. The first-order chi connectivity index (χ1) is 17.6. The van der Waals surface area contributed by atoms with E-state index in [0.29, 0.717) is 50.0 Å². The minimum absolute atomic E-state index is 0.127. The summed E-state index contributed by atoms with van der Waals surface area (Å²) in [7, 11) is 0. The first-order valence-corrected chi connectivity index (χ1v) is 12.7. The van der Waals surface area contributed by atoms with Crippen molar-refractivity contribution in [3.8, 4) is 0 Å². The molecule has 38 heavy (non-hydrogen) atoms. The number of esters is 1. The van der Waals surface area contributed by atoms with Crippen LogP contribution in [0.15, 0.2) is 24.3 Å². The molecule has 1 aromatic rings. The van der Waals surface area contributed by atoms with E-state index in [0.717, 1.165) is 0 Å². The molecular weight excluding hydrogens is 492 g/mol. The van der Waals surface area contributed by atoms with Crippen molar-refractivity contribution in [2.75, 3.05) is 26.2 Å². The first-order valence-electron chi connectivity index (χ1n) is 12.7. The number of likely N-dealkylation sites (tertiary alicyclic amines) is 1. The Hall–Kier alpha value is -3.63. The molecule has 2 fully saturated rings. The second-order valence-electron chi connectivity index (χ2n) is 11.7. The van der Waals surface area contributed by atoms with Crippen LogP contribution in [0.3, 0.4) is 0 Å². The Bertz CT molecular complexity index is 1080. The number of hydrogen-bond acceptors (Lipinski definition) is 8. The van der Waals surface area contributed by atoms with Gasteiger partial charge in [-0.1, -0.05) is 12.1 Å². The average Bonchev–Trinajstić information content (AvgIpc) is 2.79. The number of alkyl carbamates (subject to hydrolysis) is 1. The van der Waals surface area contributed by atoms with Gasteiger partial charge in [0.25, 0.3) is 5.91 Å². The number of carbonyl (C=O) groups is 4. The highest BCUT2D eigenvalue weighted by Crippen LogP contribution is 2.34. The summed E-state index contributed by atoms with van der Waals surface area (Å²) < 4.78 is 16.2. The Kier molecular flexibility index (Phi) is 8.38. The number of amides is 3. The number of nitrogens with one attached hydrogen (secondary N) is 2. The van der Waals surface area contributed by atoms with E-state index in [2.05, 4.69) is 5.32 Å². The van der Waals surface area contributed by atoms with Crippen LogP contribution in [0.1, 0.15) is 76.7 Å². The topological polar surface area (TPSA) is 138 Å². The lowest BCUT2D eigenvalue weighted by Crippen LogP contribution is -2.56. The van der Waals surface area contributed by atoms with Gasteiger partial charge in [-0.3, -0.25) is 25.2 Å². The fraction of sp³-hybridized carbons (Fsp3) is 0.593. The molecule has 0 unspecified atom stereocenters. The molecule has 208 valence electrons. The smallest absolute Gasteiger partial charge is 0.413 e. The Balaban J connectivity index is 1.50. The minimum Gasteiger partial charge on any atom is -0.459 e. The molecule has 2 aliphatic rings. The van der Waals surface area contributed by atoms with Crippen LogP contribution >= 0.6 is 0 Å². The molecule has 0 aromatic heterocycles. The molecule has 11 nitrogen and oxygen atoms in total. The number of carbonyl (C=O) groups excluding carboxylic acids is 4. The number of nitrogens with zero attached hydrogens (tertiary/aromatic N) is 2. The average molecular weight is 531 g/mol. The lowest BCUT2D eigenvalue weighted by molar-refractivity contribution is -0.157. The maximum atomic E-state index is 13.1. The first kappa shape index (κ1) is 28.9. The summed E-state index contributed by atoms with van der Waals surface area (Å²) in [6.45, 7) is 11.6. The number of rotatable bonds is 4. The summed E-state index contributed by atoms with van der Waals surface area (Å²) in [6.07, 6.45) is 0.326. The molecule has 1 spiro atoms. The van der Waals surface area contributed by atoms with Crippen LogP contribution < -0.4 is 5.32 Å². The number of hydrogen-bond donors (Lipinski definition) is 2. The van der Waals surface area contributed by atoms with E-state index in [-0.39, 0.29) is 18.3 Å². The predicted molar refractivity (Wildman–Crippen MR) is 139 cm³/mol. The molecule has 3 rings (SSSR count). The van der Waals surface area contributed by atoms with Crippen molar-refractivity contribution >= 4 is 29.9 Å². The van der Waals surface area contributed by atoms with Crippen LogP contribution in [-0.2, 0) is 19.0 Å². The number of ether oxygens (including phenoxy) is 3. The normalized spacial score (nSPS) is 17.5. The summed E-state index contributed by atoms with van der Waals surface area (Å²) in [4.78, 5) is 52.7. The highest BCUT2D eigenvalue weighted by molar-refractivity contribution is 6.05. The van der Waals surface area contributed by atoms with E-state index in [1.165, 1.54) is 4.90 Å². The zero-order valence-electron chi connectivity index (χ0n) is 23.0. The van der Waals surface area contributed by atoms with E-state index in [4.69, 9.17) is 19.6 Å². The van der Waals surface area contributed by atoms with Gasteiger partial charge in [0.15, 0.2) is 0 Å². The fourth-order valence-electron chi connectivity index (χ4n) is 4.31. The molecule has 2 heterocycles. The number of amidine groups is 1. The van der Waals surface area contributed by atoms with E-state index in [9.17, 15) is 19.2 Å². The highest BCUT2D eigenvalue weighted by Gasteiger charge is 2.44. The van der Waals surface area contributed by atoms with E-state index in [1.54, 1.807) is 70.7 Å². The van der Waals surface area contributed by atoms with Gasteiger partial charge in [0, 0.05) is 50.0 Å². The third-order valence-corrected chi connectivity index (χ3v) is 6.15. The molecule has 2 saturated heterocycles. The van der Waals surface area contributed by atoms with Crippen molar-refractivity contribution in [2.24, 2.45) is 0 Å². The molecule has 0 atom stereocenters. The summed E-state index contributed by atoms with van der Waals surface area (Å²) in [5.74, 6) is -0.766. The summed E-state index contributed by atoms with van der Waals surface area (Å²) >= 11 is 0. The van der Waals surface area contributed by atoms with Gasteiger partial charge in [-0.15, -0.1) is 0 Å². The molecule has 2 N–H and O–H groups in total. The van der Waals surface area contributed by atoms with Crippen LogP contribution in [0, 0.1) is 5.41 Å². The largest absolute Gasteiger partial charge is 0.459 e. The lowest BCUT2D eigenvalue weighted by Gasteiger charge is -2.45. The molecule has 2 aliphatic heterocycles. The van der Waals surface area contributed by atoms with Crippen molar-refractivity contribution in [3.63, 3.8) is 0 Å². The quantitative estimate of drug-likeness (QED) is 0.262. The molecular formula is C27H38N4O7. The maximum absolute atomic E-state index is 13.1. The SMILES string of the molecule is CC(C)(C)OC(=O)CN1CCC2(CCN(C(=O)c3ccc(C(=N)NC(=O)OC(C)(C)C)cc3)CC2)OC1=O. The van der Waals surface area contributed by atoms with Crippen molar-refractivity contribution in [3.05, 3.63) is 35.4 Å². The maximum Gasteiger partial charge on any atom is 0.413 e. The van der Waals surface area contributed by atoms with Gasteiger partial charge in [-0.2, -0.15) is 0 Å². The zero-order valence-corrected chi connectivity index (χ0v) is 23.0. The molecule has 1 aromatic carbocycles. The Morgan fingerprint density at radius 1 is 0.921 bits per heavy atom. The predicted octanol–water partition coefficient (Wildman–Crippen LogP) is 3.70. The van der Waals surface area contributed by atoms with Gasteiger partial charge >= 0.3 is 18.2 Å². The van der Waals surface area contributed by atoms with Crippen molar-refractivity contribution in [2.45, 2.75) is 77.6 Å². The highest BCUT2D eigenvalue weighted by atomic mass is 16.6. The van der Waals surface area contributed by atoms with Gasteiger partial charge < -0.3 is 19.1 Å². The van der Waals surface area contributed by atoms with Crippen molar-refractivity contribution in [1.82, 2.24) is 15.1 Å². The molecule has 0 saturated carbocycles. The third-order valence-electron chi connectivity index (χ3n) is 6.15. The Morgan fingerprint density at radius 2 is 1.45 bits per heavy atom. The van der Waals surface area contributed by atoms with Crippen LogP contribution in [0.25, 0.3) is 0 Å². The molecule has 11 heteroatoms. The monoisotopic (exact) mass is 530 g/mol. The number of piperidine rings is 1. The number of benzene rings is 1. The Morgan fingerprint density at radius 3 is 1.97 bits per heavy atom. The second kappa shape index (κ2) is 11.0. The van der Waals surface area contributed by atoms with Crippen LogP contribution in [0.4, 0.5) is 9.59 Å². The third kappa shape index (κ3) is 7.93. The molecule has 3 amide bonds. The zero-order chi connectivity index (χ0) is 28.3. The standard InChI is InChI=1S/C27H38N4O7/c1-25(2,3)36-20(32)17-31-16-13-27(38-24(31)35)11-14-30(15-12-27)22(33)19-9-7-18(8-10-19)21(28)29-23(34)37-26(4,5)6/h7-10H,11-17H2,1-6H3,(H2,28,29,34). The summed E-state index contributed by atoms with van der Waals surface area (Å²) in [5.41, 5.74) is -1.06. The van der Waals surface area contributed by atoms with E-state index in [1.807, 2.05) is 0 Å². The summed E-state index contributed by atoms with van der Waals surface area (Å²) in [5, 5.41) is 10.5. The van der Waals surface area contributed by atoms with Crippen molar-refractivity contribution in [1.29, 1.82) is 5.41 Å². The second-order valence-corrected chi connectivity index (χ2v) is 11.7. The van der Waals surface area contributed by atoms with Gasteiger partial charge in [0.2, 0.25) is 0 Å². The minimum atomic E-state index is -0.721. The Labute approximate surface area is 223 Å². The fourth-order valence-corrected chi connectivity index (χ4v) is 4.31. The van der Waals surface area contributed by atoms with Gasteiger partial charge in [0.1, 0.15) is 29.2 Å². The van der Waals surface area contributed by atoms with Crippen LogP contribution in [0.5, 0.6) is 0 Å². The van der Waals surface area contributed by atoms with E-state index < -0.39 is 35.0 Å². The van der Waals surface area contributed by atoms with Crippen molar-refractivity contribution < 1.29 is 33.4 Å². The van der Waals surface area contributed by atoms with Gasteiger partial charge in [-0.25, -0.2) is 9.59 Å². The molecule has 0 bridgehead atoms. The summed E-state index contributed by atoms with van der Waals surface area (Å²) in [6, 6.07) is 6.42. The van der Waals surface area contributed by atoms with E-state index >= 15 is 0 Å². The van der Waals surface area contributed by atoms with Gasteiger partial charge in [0.05, 0.1) is 0 Å². The van der Waals surface area contributed by atoms with Crippen LogP contribution in [-0.4, -0.2) is 82.7 Å². The molecule has 0 aliphatic carbocycles. The van der Waals surface area contributed by atoms with Gasteiger partial charge in [-0.05, 0) is 53.7 Å². The van der Waals surface area contributed by atoms with Crippen LogP contribution in [0.2, 0.25) is 0 Å².